The molecule has 0 unspecified atom stereocenters. The van der Waals surface area contributed by atoms with Gasteiger partial charge in [-0.25, -0.2) is 13.4 Å². The maximum atomic E-state index is 12.2. The fourth-order valence-corrected chi connectivity index (χ4v) is 2.84. The molecule has 0 radical (unpaired) electrons. The Kier molecular flexibility index (Phi) is 3.54. The number of ether oxygens (including phenoxy) is 1. The third kappa shape index (κ3) is 2.47. The molecule has 0 aliphatic heterocycles. The lowest BCUT2D eigenvalue weighted by molar-refractivity contribution is 0.414. The van der Waals surface area contributed by atoms with Crippen LogP contribution in [0.25, 0.3) is 0 Å². The van der Waals surface area contributed by atoms with Gasteiger partial charge in [-0.05, 0) is 36.4 Å². The van der Waals surface area contributed by atoms with Gasteiger partial charge in [0.05, 0.1) is 12.0 Å². The highest BCUT2D eigenvalue weighted by molar-refractivity contribution is 7.91. The summed E-state index contributed by atoms with van der Waals surface area (Å²) in [6, 6.07) is 10.6. The number of rotatable bonds is 3. The first kappa shape index (κ1) is 12.9. The number of benzene rings is 1. The Balaban J connectivity index is 2.47. The second-order valence-corrected chi connectivity index (χ2v) is 5.76. The van der Waals surface area contributed by atoms with E-state index in [1.165, 1.54) is 31.4 Å². The van der Waals surface area contributed by atoms with Gasteiger partial charge >= 0.3 is 0 Å². The van der Waals surface area contributed by atoms with Crippen LogP contribution >= 0.6 is 11.6 Å². The molecule has 0 atom stereocenters. The maximum Gasteiger partial charge on any atom is 0.223 e. The second-order valence-electron chi connectivity index (χ2n) is 3.48. The summed E-state index contributed by atoms with van der Waals surface area (Å²) in [7, 11) is -2.12. The molecule has 0 saturated heterocycles. The first-order chi connectivity index (χ1) is 8.54. The molecule has 2 rings (SSSR count). The number of hydrogen-bond donors (Lipinski definition) is 0. The number of halogens is 1. The Labute approximate surface area is 110 Å². The Morgan fingerprint density at radius 2 is 1.78 bits per heavy atom. The minimum atomic E-state index is -3.64. The SMILES string of the molecule is COc1ccc(S(=O)(=O)c2cccc(Cl)n2)cc1. The van der Waals surface area contributed by atoms with Gasteiger partial charge in [-0.1, -0.05) is 17.7 Å². The molecule has 94 valence electrons. The van der Waals surface area contributed by atoms with Gasteiger partial charge in [-0.3, -0.25) is 0 Å². The fraction of sp³-hybridized carbons (Fsp3) is 0.0833. The Morgan fingerprint density at radius 1 is 1.11 bits per heavy atom. The lowest BCUT2D eigenvalue weighted by atomic mass is 10.3. The molecule has 1 aromatic heterocycles. The second kappa shape index (κ2) is 4.96. The van der Waals surface area contributed by atoms with E-state index in [1.54, 1.807) is 18.2 Å². The van der Waals surface area contributed by atoms with Gasteiger partial charge in [0.2, 0.25) is 9.84 Å². The number of sulfone groups is 1. The van der Waals surface area contributed by atoms with E-state index in [1.807, 2.05) is 0 Å². The molecule has 0 aliphatic rings. The third-order valence-electron chi connectivity index (χ3n) is 2.33. The highest BCUT2D eigenvalue weighted by Crippen LogP contribution is 2.22. The van der Waals surface area contributed by atoms with Crippen molar-refractivity contribution >= 4 is 21.4 Å². The smallest absolute Gasteiger partial charge is 0.223 e. The summed E-state index contributed by atoms with van der Waals surface area (Å²) in [6.45, 7) is 0. The van der Waals surface area contributed by atoms with Crippen LogP contribution in [0.5, 0.6) is 5.75 Å². The minimum absolute atomic E-state index is 0.0693. The number of nitrogens with zero attached hydrogens (tertiary/aromatic N) is 1. The summed E-state index contributed by atoms with van der Waals surface area (Å²) >= 11 is 5.69. The number of aromatic nitrogens is 1. The van der Waals surface area contributed by atoms with Crippen molar-refractivity contribution in [2.24, 2.45) is 0 Å². The van der Waals surface area contributed by atoms with E-state index in [2.05, 4.69) is 4.98 Å². The Hall–Kier alpha value is -1.59. The van der Waals surface area contributed by atoms with Crippen LogP contribution in [0.1, 0.15) is 0 Å². The van der Waals surface area contributed by atoms with Gasteiger partial charge in [-0.2, -0.15) is 0 Å². The van der Waals surface area contributed by atoms with Crippen LogP contribution in [0, 0.1) is 0 Å². The molecule has 0 amide bonds. The van der Waals surface area contributed by atoms with E-state index in [0.717, 1.165) is 0 Å². The molecule has 0 aliphatic carbocycles. The molecule has 6 heteroatoms. The van der Waals surface area contributed by atoms with Gasteiger partial charge in [0.25, 0.3) is 0 Å². The highest BCUT2D eigenvalue weighted by atomic mass is 35.5. The molecule has 0 saturated carbocycles. The molecule has 0 spiro atoms. The third-order valence-corrected chi connectivity index (χ3v) is 4.22. The first-order valence-corrected chi connectivity index (χ1v) is 6.92. The van der Waals surface area contributed by atoms with E-state index in [4.69, 9.17) is 16.3 Å². The van der Waals surface area contributed by atoms with Crippen LogP contribution in [0.15, 0.2) is 52.4 Å². The Bertz CT molecular complexity index is 653. The molecule has 0 fully saturated rings. The molecule has 1 heterocycles. The van der Waals surface area contributed by atoms with Gasteiger partial charge in [0, 0.05) is 0 Å². The summed E-state index contributed by atoms with van der Waals surface area (Å²) in [4.78, 5) is 3.96. The van der Waals surface area contributed by atoms with Crippen LogP contribution in [-0.2, 0) is 9.84 Å². The molecule has 2 aromatic rings. The topological polar surface area (TPSA) is 56.3 Å². The molecule has 0 N–H and O–H groups in total. The van der Waals surface area contributed by atoms with Crippen molar-refractivity contribution in [2.75, 3.05) is 7.11 Å². The number of pyridine rings is 1. The van der Waals surface area contributed by atoms with Gasteiger partial charge < -0.3 is 4.74 Å². The van der Waals surface area contributed by atoms with Crippen LogP contribution in [-0.4, -0.2) is 20.5 Å². The minimum Gasteiger partial charge on any atom is -0.497 e. The molecular weight excluding hydrogens is 274 g/mol. The predicted octanol–water partition coefficient (Wildman–Crippen LogP) is 2.58. The summed E-state index contributed by atoms with van der Waals surface area (Å²) < 4.78 is 29.4. The average molecular weight is 284 g/mol. The van der Waals surface area contributed by atoms with Gasteiger partial charge in [0.15, 0.2) is 5.03 Å². The first-order valence-electron chi connectivity index (χ1n) is 5.06. The largest absolute Gasteiger partial charge is 0.497 e. The van der Waals surface area contributed by atoms with Gasteiger partial charge in [0.1, 0.15) is 10.9 Å². The van der Waals surface area contributed by atoms with E-state index in [9.17, 15) is 8.42 Å². The van der Waals surface area contributed by atoms with Crippen LogP contribution in [0.4, 0.5) is 0 Å². The molecule has 4 nitrogen and oxygen atoms in total. The van der Waals surface area contributed by atoms with Crippen molar-refractivity contribution in [3.05, 3.63) is 47.6 Å². The summed E-state index contributed by atoms with van der Waals surface area (Å²) in [5, 5.41) is 0.0738. The summed E-state index contributed by atoms with van der Waals surface area (Å²) in [6.07, 6.45) is 0. The van der Waals surface area contributed by atoms with E-state index in [-0.39, 0.29) is 15.1 Å². The van der Waals surface area contributed by atoms with Crippen LogP contribution in [0.3, 0.4) is 0 Å². The van der Waals surface area contributed by atoms with E-state index < -0.39 is 9.84 Å². The zero-order chi connectivity index (χ0) is 13.2. The van der Waals surface area contributed by atoms with E-state index in [0.29, 0.717) is 5.75 Å². The zero-order valence-corrected chi connectivity index (χ0v) is 11.1. The fourth-order valence-electron chi connectivity index (χ4n) is 1.41. The van der Waals surface area contributed by atoms with Crippen molar-refractivity contribution in [3.63, 3.8) is 0 Å². The number of hydrogen-bond acceptors (Lipinski definition) is 4. The molecular formula is C12H10ClNO3S. The average Bonchev–Trinajstić information content (AvgIpc) is 2.39. The lowest BCUT2D eigenvalue weighted by Gasteiger charge is -2.05. The van der Waals surface area contributed by atoms with Crippen LogP contribution < -0.4 is 4.74 Å². The normalized spacial score (nSPS) is 11.2. The predicted molar refractivity (Wildman–Crippen MR) is 67.7 cm³/mol. The Morgan fingerprint density at radius 3 is 2.33 bits per heavy atom. The highest BCUT2D eigenvalue weighted by Gasteiger charge is 2.19. The van der Waals surface area contributed by atoms with Crippen molar-refractivity contribution in [2.45, 2.75) is 9.92 Å². The maximum absolute atomic E-state index is 12.2. The molecule has 0 bridgehead atoms. The van der Waals surface area contributed by atoms with Crippen molar-refractivity contribution < 1.29 is 13.2 Å². The van der Waals surface area contributed by atoms with E-state index >= 15 is 0 Å². The molecule has 1 aromatic carbocycles. The standard InChI is InChI=1S/C12H10ClNO3S/c1-17-9-5-7-10(8-6-9)18(15,16)12-4-2-3-11(13)14-12/h2-8H,1H3. The van der Waals surface area contributed by atoms with Gasteiger partial charge in [-0.15, -0.1) is 0 Å². The zero-order valence-electron chi connectivity index (χ0n) is 9.50. The lowest BCUT2D eigenvalue weighted by Crippen LogP contribution is -2.04. The summed E-state index contributed by atoms with van der Waals surface area (Å²) in [5.74, 6) is 0.591. The van der Waals surface area contributed by atoms with Crippen molar-refractivity contribution in [3.8, 4) is 5.75 Å². The monoisotopic (exact) mass is 283 g/mol. The van der Waals surface area contributed by atoms with Crippen LogP contribution in [0.2, 0.25) is 5.15 Å². The summed E-state index contributed by atoms with van der Waals surface area (Å²) in [5.41, 5.74) is 0. The van der Waals surface area contributed by atoms with Crippen molar-refractivity contribution in [1.82, 2.24) is 4.98 Å². The molecule has 18 heavy (non-hydrogen) atoms. The quantitative estimate of drug-likeness (QED) is 0.813. The van der Waals surface area contributed by atoms with Crippen molar-refractivity contribution in [1.29, 1.82) is 0 Å². The number of methoxy groups -OCH3 is 1.